The van der Waals surface area contributed by atoms with Gasteiger partial charge in [-0.2, -0.15) is 27.1 Å². The molecule has 1 atom stereocenters. The minimum atomic E-state index is -4.85. The third-order valence-electron chi connectivity index (χ3n) is 6.99. The molecule has 0 spiro atoms. The summed E-state index contributed by atoms with van der Waals surface area (Å²) in [6.45, 7) is -1.02. The maximum atomic E-state index is 13.7. The number of rotatable bonds is 10. The summed E-state index contributed by atoms with van der Waals surface area (Å²) in [4.78, 5) is 11.6. The molecule has 0 amide bonds. The lowest BCUT2D eigenvalue weighted by molar-refractivity contribution is -0.257. The largest absolute Gasteiger partial charge is 0.486 e. The van der Waals surface area contributed by atoms with Crippen LogP contribution in [0.2, 0.25) is 0 Å². The van der Waals surface area contributed by atoms with Crippen molar-refractivity contribution >= 4 is 31.5 Å². The van der Waals surface area contributed by atoms with Crippen molar-refractivity contribution in [3.05, 3.63) is 65.7 Å². The van der Waals surface area contributed by atoms with Crippen molar-refractivity contribution in [1.29, 1.82) is 0 Å². The molecule has 4 rings (SSSR count). The van der Waals surface area contributed by atoms with E-state index >= 15 is 0 Å². The number of ether oxygens (including phenoxy) is 2. The van der Waals surface area contributed by atoms with Crippen LogP contribution in [0.1, 0.15) is 38.1 Å². The van der Waals surface area contributed by atoms with E-state index in [9.17, 15) is 48.0 Å². The quantitative estimate of drug-likeness (QED) is 0.217. The summed E-state index contributed by atoms with van der Waals surface area (Å²) in [5.41, 5.74) is -3.12. The van der Waals surface area contributed by atoms with E-state index in [0.29, 0.717) is 13.8 Å². The van der Waals surface area contributed by atoms with Gasteiger partial charge >= 0.3 is 18.7 Å². The highest BCUT2D eigenvalue weighted by atomic mass is 32.2. The number of carbonyl (C=O) groups is 1. The minimum Gasteiger partial charge on any atom is -0.486 e. The third kappa shape index (κ3) is 7.21. The van der Waals surface area contributed by atoms with Crippen LogP contribution in [0, 0.1) is 12.7 Å². The number of benzene rings is 2. The predicted octanol–water partition coefficient (Wildman–Crippen LogP) is 4.97. The molecule has 0 fully saturated rings. The molecule has 0 aliphatic carbocycles. The number of fused-ring (bicyclic) bond motifs is 1. The normalized spacial score (nSPS) is 16.0. The first-order valence-corrected chi connectivity index (χ1v) is 16.2. The van der Waals surface area contributed by atoms with Crippen LogP contribution < -0.4 is 9.04 Å². The monoisotopic (exact) mass is 683 g/mol. The Hall–Kier alpha value is -3.80. The van der Waals surface area contributed by atoms with Crippen molar-refractivity contribution in [1.82, 2.24) is 9.78 Å². The molecular formula is C27H27F6N3O7S2. The van der Waals surface area contributed by atoms with E-state index in [1.807, 2.05) is 0 Å². The van der Waals surface area contributed by atoms with Crippen LogP contribution in [0.15, 0.2) is 58.5 Å². The van der Waals surface area contributed by atoms with Crippen molar-refractivity contribution in [2.75, 3.05) is 16.6 Å². The molecule has 0 radical (unpaired) electrons. The van der Waals surface area contributed by atoms with Gasteiger partial charge in [0.25, 0.3) is 10.0 Å². The number of halogens is 6. The van der Waals surface area contributed by atoms with Crippen LogP contribution in [-0.4, -0.2) is 62.8 Å². The van der Waals surface area contributed by atoms with Crippen molar-refractivity contribution in [2.24, 2.45) is 0 Å². The van der Waals surface area contributed by atoms with Gasteiger partial charge in [0, 0.05) is 6.42 Å². The second-order valence-corrected chi connectivity index (χ2v) is 14.6. The maximum absolute atomic E-state index is 13.7. The van der Waals surface area contributed by atoms with Gasteiger partial charge in [-0.15, -0.1) is 0 Å². The number of carbonyl (C=O) groups excluding carboxylic acids is 1. The van der Waals surface area contributed by atoms with Crippen LogP contribution in [0.4, 0.5) is 32.0 Å². The number of esters is 1. The topological polar surface area (TPSA) is 125 Å². The highest BCUT2D eigenvalue weighted by Crippen LogP contribution is 2.39. The number of sulfonamides is 1. The molecule has 0 bridgehead atoms. The summed E-state index contributed by atoms with van der Waals surface area (Å²) >= 11 is 0. The van der Waals surface area contributed by atoms with Gasteiger partial charge in [-0.25, -0.2) is 25.9 Å². The van der Waals surface area contributed by atoms with Gasteiger partial charge in [-0.05, 0) is 62.7 Å². The van der Waals surface area contributed by atoms with Crippen LogP contribution in [0.5, 0.6) is 5.75 Å². The summed E-state index contributed by atoms with van der Waals surface area (Å²) in [6.07, 6.45) is -6.10. The van der Waals surface area contributed by atoms with Crippen LogP contribution in [-0.2, 0) is 35.8 Å². The number of hydrogen-bond acceptors (Lipinski definition) is 8. The second kappa shape index (κ2) is 12.2. The van der Waals surface area contributed by atoms with E-state index in [-0.39, 0.29) is 38.7 Å². The maximum Gasteiger partial charge on any atom is 0.427 e. The van der Waals surface area contributed by atoms with Gasteiger partial charge in [0.05, 0.1) is 41.2 Å². The van der Waals surface area contributed by atoms with Gasteiger partial charge in [0.1, 0.15) is 22.6 Å². The summed E-state index contributed by atoms with van der Waals surface area (Å²) in [5.74, 6) is -2.65. The smallest absolute Gasteiger partial charge is 0.427 e. The number of alkyl halides is 5. The second-order valence-electron chi connectivity index (χ2n) is 10.6. The molecule has 1 aromatic heterocycles. The van der Waals surface area contributed by atoms with Gasteiger partial charge in [0.2, 0.25) is 5.60 Å². The third-order valence-corrected chi connectivity index (χ3v) is 10.6. The first-order valence-electron chi connectivity index (χ1n) is 13.1. The Bertz CT molecular complexity index is 1790. The highest BCUT2D eigenvalue weighted by molar-refractivity contribution is 7.93. The zero-order valence-electron chi connectivity index (χ0n) is 23.9. The minimum absolute atomic E-state index is 0.0660. The first kappa shape index (κ1) is 34.1. The van der Waals surface area contributed by atoms with Gasteiger partial charge in [-0.3, -0.25) is 9.10 Å². The Morgan fingerprint density at radius 3 is 2.31 bits per heavy atom. The number of anilines is 1. The summed E-state index contributed by atoms with van der Waals surface area (Å²) in [5, 5.41) is 3.40. The van der Waals surface area contributed by atoms with E-state index in [2.05, 4.69) is 9.84 Å². The van der Waals surface area contributed by atoms with E-state index in [4.69, 9.17) is 4.74 Å². The van der Waals surface area contributed by atoms with Gasteiger partial charge in [-0.1, -0.05) is 6.07 Å². The number of sulfone groups is 1. The molecule has 45 heavy (non-hydrogen) atoms. The van der Waals surface area contributed by atoms with E-state index < -0.39 is 79.7 Å². The highest BCUT2D eigenvalue weighted by Gasteiger charge is 2.50. The Morgan fingerprint density at radius 2 is 1.73 bits per heavy atom. The molecule has 2 heterocycles. The Kier molecular flexibility index (Phi) is 9.23. The zero-order valence-corrected chi connectivity index (χ0v) is 25.5. The van der Waals surface area contributed by atoms with E-state index in [1.165, 1.54) is 18.2 Å². The average Bonchev–Trinajstić information content (AvgIpc) is 3.33. The fourth-order valence-electron chi connectivity index (χ4n) is 4.43. The Balaban J connectivity index is 1.64. The molecule has 18 heteroatoms. The lowest BCUT2D eigenvalue weighted by atomic mass is 10.1. The molecule has 1 aliphatic rings. The first-order chi connectivity index (χ1) is 20.7. The van der Waals surface area contributed by atoms with Crippen molar-refractivity contribution < 1.29 is 57.4 Å². The fourth-order valence-corrected chi connectivity index (χ4v) is 7.47. The molecule has 2 aromatic carbocycles. The summed E-state index contributed by atoms with van der Waals surface area (Å²) in [7, 11) is -8.64. The van der Waals surface area contributed by atoms with Crippen LogP contribution >= 0.6 is 0 Å². The molecule has 0 saturated carbocycles. The molecule has 0 saturated heterocycles. The summed E-state index contributed by atoms with van der Waals surface area (Å²) in [6, 6.07) is 7.59. The van der Waals surface area contributed by atoms with Gasteiger partial charge < -0.3 is 9.47 Å². The Morgan fingerprint density at radius 1 is 1.09 bits per heavy atom. The number of nitrogens with zero attached hydrogens (tertiary/aromatic N) is 3. The predicted molar refractivity (Wildman–Crippen MR) is 147 cm³/mol. The van der Waals surface area contributed by atoms with Crippen molar-refractivity contribution in [3.63, 3.8) is 0 Å². The lowest BCUT2D eigenvalue weighted by Crippen LogP contribution is -2.44. The van der Waals surface area contributed by atoms with Crippen LogP contribution in [0.3, 0.4) is 0 Å². The standard InChI is InChI=1S/C27H27F6N3O7S2/c1-16-23(14-34-36(16)25(29)30)44(38,39)11-10-19-15-35(45(40,41)20-7-5-18(28)6-8-20)21-12-17(4-9-22(21)42-19)13-24(37)43-26(2,3)27(31,32)33/h4-9,12,14,19,25H,10-11,13,15H2,1-3H3/t19-/m0/s1. The number of hydrogen-bond donors (Lipinski definition) is 0. The molecule has 0 unspecified atom stereocenters. The lowest BCUT2D eigenvalue weighted by Gasteiger charge is -2.36. The molecule has 1 aliphatic heterocycles. The zero-order chi connectivity index (χ0) is 33.5. The van der Waals surface area contributed by atoms with Crippen molar-refractivity contribution in [3.8, 4) is 5.75 Å². The average molecular weight is 684 g/mol. The van der Waals surface area contributed by atoms with Crippen molar-refractivity contribution in [2.45, 2.75) is 67.8 Å². The van der Waals surface area contributed by atoms with E-state index in [0.717, 1.165) is 41.7 Å². The SMILES string of the molecule is Cc1c(S(=O)(=O)CC[C@H]2CN(S(=O)(=O)c3ccc(F)cc3)c3cc(CC(=O)OC(C)(C)C(F)(F)F)ccc3O2)cnn1C(F)F. The molecular weight excluding hydrogens is 656 g/mol. The van der Waals surface area contributed by atoms with E-state index in [1.54, 1.807) is 0 Å². The summed E-state index contributed by atoms with van der Waals surface area (Å²) < 4.78 is 144. The molecule has 0 N–H and O–H groups in total. The van der Waals surface area contributed by atoms with Crippen LogP contribution in [0.25, 0.3) is 0 Å². The number of aromatic nitrogens is 2. The van der Waals surface area contributed by atoms with Gasteiger partial charge in [0.15, 0.2) is 9.84 Å². The molecule has 10 nitrogen and oxygen atoms in total. The fraction of sp³-hybridized carbons (Fsp3) is 0.407. The molecule has 3 aromatic rings. The Labute approximate surface area is 254 Å². The molecule has 246 valence electrons.